The van der Waals surface area contributed by atoms with E-state index in [1.807, 2.05) is 26.8 Å². The van der Waals surface area contributed by atoms with Gasteiger partial charge in [0.05, 0.1) is 20.1 Å². The Morgan fingerprint density at radius 3 is 2.58 bits per heavy atom. The quantitative estimate of drug-likeness (QED) is 0.328. The van der Waals surface area contributed by atoms with Gasteiger partial charge in [0.25, 0.3) is 0 Å². The summed E-state index contributed by atoms with van der Waals surface area (Å²) in [7, 11) is 0.191. The SMILES string of the molecule is CC.COC(=O)Cc1cc(NC(=O)C(F)(F)F)ccc1SNc1cc2c(cc1C)COB2O. The minimum atomic E-state index is -5.03. The number of ether oxygens (including phenoxy) is 1. The first-order valence-corrected chi connectivity index (χ1v) is 10.8. The van der Waals surface area contributed by atoms with Crippen LogP contribution < -0.4 is 15.5 Å². The number of hydrogen-bond donors (Lipinski definition) is 3. The molecular formula is C21H24BF3N2O5S. The van der Waals surface area contributed by atoms with E-state index in [1.165, 1.54) is 25.3 Å². The number of amides is 1. The van der Waals surface area contributed by atoms with E-state index in [0.29, 0.717) is 28.2 Å². The third-order valence-corrected chi connectivity index (χ3v) is 5.50. The van der Waals surface area contributed by atoms with Crippen LogP contribution in [-0.4, -0.2) is 37.3 Å². The molecule has 12 heteroatoms. The van der Waals surface area contributed by atoms with Gasteiger partial charge in [-0.3, -0.25) is 9.59 Å². The molecule has 3 N–H and O–H groups in total. The van der Waals surface area contributed by atoms with Crippen LogP contribution in [0.4, 0.5) is 24.5 Å². The molecule has 0 atom stereocenters. The Labute approximate surface area is 194 Å². The Hall–Kier alpha value is -2.70. The second-order valence-corrected chi connectivity index (χ2v) is 7.61. The summed E-state index contributed by atoms with van der Waals surface area (Å²) in [6.45, 7) is 6.19. The third kappa shape index (κ3) is 6.89. The van der Waals surface area contributed by atoms with Crippen molar-refractivity contribution in [1.29, 1.82) is 0 Å². The van der Waals surface area contributed by atoms with Crippen molar-refractivity contribution in [3.05, 3.63) is 47.0 Å². The van der Waals surface area contributed by atoms with Crippen molar-refractivity contribution in [3.8, 4) is 0 Å². The fourth-order valence-electron chi connectivity index (χ4n) is 2.94. The van der Waals surface area contributed by atoms with Gasteiger partial charge in [0.1, 0.15) is 0 Å². The predicted octanol–water partition coefficient (Wildman–Crippen LogP) is 3.57. The molecule has 7 nitrogen and oxygen atoms in total. The summed E-state index contributed by atoms with van der Waals surface area (Å²) in [5, 5.41) is 11.7. The van der Waals surface area contributed by atoms with Crippen molar-refractivity contribution in [3.63, 3.8) is 0 Å². The molecule has 0 radical (unpaired) electrons. The van der Waals surface area contributed by atoms with Crippen molar-refractivity contribution >= 4 is 47.8 Å². The second kappa shape index (κ2) is 11.4. The molecule has 0 fully saturated rings. The first kappa shape index (κ1) is 26.6. The molecule has 1 aliphatic heterocycles. The first-order chi connectivity index (χ1) is 15.6. The van der Waals surface area contributed by atoms with Gasteiger partial charge in [0.2, 0.25) is 0 Å². The highest BCUT2D eigenvalue weighted by molar-refractivity contribution is 8.00. The standard InChI is InChI=1S/C19H18BF3N2O5S.C2H6/c1-10-5-12-9-30-20(28)14(12)8-15(10)25-31-16-4-3-13(24-18(27)19(21,22)23)6-11(16)7-17(26)29-2;1-2/h3-6,8,25,28H,7,9H2,1-2H3,(H,24,27);1-2H3. The average molecular weight is 484 g/mol. The average Bonchev–Trinajstić information content (AvgIpc) is 3.13. The number of carbonyl (C=O) groups is 2. The van der Waals surface area contributed by atoms with Crippen molar-refractivity contribution in [1.82, 2.24) is 0 Å². The van der Waals surface area contributed by atoms with Crippen LogP contribution in [0.1, 0.15) is 30.5 Å². The number of esters is 1. The molecule has 2 aromatic rings. The number of methoxy groups -OCH3 is 1. The number of hydrogen-bond acceptors (Lipinski definition) is 7. The van der Waals surface area contributed by atoms with Gasteiger partial charge >= 0.3 is 25.2 Å². The molecule has 0 aliphatic carbocycles. The number of rotatable bonds is 6. The molecule has 0 spiro atoms. The van der Waals surface area contributed by atoms with Gasteiger partial charge in [0, 0.05) is 16.3 Å². The van der Waals surface area contributed by atoms with Crippen LogP contribution in [0.15, 0.2) is 35.2 Å². The Morgan fingerprint density at radius 1 is 1.24 bits per heavy atom. The lowest BCUT2D eigenvalue weighted by Crippen LogP contribution is -2.30. The molecule has 0 saturated heterocycles. The number of fused-ring (bicyclic) bond motifs is 1. The Bertz CT molecular complexity index is 1020. The number of alkyl halides is 3. The van der Waals surface area contributed by atoms with Crippen LogP contribution in [0, 0.1) is 6.92 Å². The summed E-state index contributed by atoms with van der Waals surface area (Å²) < 4.78 is 50.5. The van der Waals surface area contributed by atoms with Crippen molar-refractivity contribution < 1.29 is 37.2 Å². The highest BCUT2D eigenvalue weighted by atomic mass is 32.2. The van der Waals surface area contributed by atoms with E-state index in [9.17, 15) is 27.8 Å². The highest BCUT2D eigenvalue weighted by Crippen LogP contribution is 2.30. The number of halogens is 3. The van der Waals surface area contributed by atoms with Gasteiger partial charge in [0.15, 0.2) is 0 Å². The summed E-state index contributed by atoms with van der Waals surface area (Å²) in [5.74, 6) is -2.69. The summed E-state index contributed by atoms with van der Waals surface area (Å²) in [6, 6.07) is 7.73. The molecule has 33 heavy (non-hydrogen) atoms. The van der Waals surface area contributed by atoms with E-state index in [-0.39, 0.29) is 12.1 Å². The van der Waals surface area contributed by atoms with Gasteiger partial charge in [-0.05, 0) is 65.3 Å². The lowest BCUT2D eigenvalue weighted by Gasteiger charge is -2.15. The second-order valence-electron chi connectivity index (χ2n) is 6.76. The van der Waals surface area contributed by atoms with Crippen molar-refractivity contribution in [2.24, 2.45) is 0 Å². The maximum atomic E-state index is 12.5. The summed E-state index contributed by atoms with van der Waals surface area (Å²) in [4.78, 5) is 23.5. The van der Waals surface area contributed by atoms with Crippen LogP contribution in [0.25, 0.3) is 0 Å². The van der Waals surface area contributed by atoms with E-state index in [2.05, 4.69) is 9.46 Å². The minimum absolute atomic E-state index is 0.0976. The normalized spacial score (nSPS) is 12.4. The van der Waals surface area contributed by atoms with Gasteiger partial charge < -0.3 is 24.5 Å². The van der Waals surface area contributed by atoms with Crippen LogP contribution in [0.3, 0.4) is 0 Å². The van der Waals surface area contributed by atoms with Gasteiger partial charge in [-0.1, -0.05) is 19.9 Å². The topological polar surface area (TPSA) is 96.9 Å². The van der Waals surface area contributed by atoms with Crippen LogP contribution in [0.2, 0.25) is 0 Å². The van der Waals surface area contributed by atoms with Crippen LogP contribution in [0.5, 0.6) is 0 Å². The van der Waals surface area contributed by atoms with Crippen LogP contribution >= 0.6 is 11.9 Å². The molecule has 1 aliphatic rings. The van der Waals surface area contributed by atoms with Gasteiger partial charge in [-0.15, -0.1) is 0 Å². The molecule has 0 unspecified atom stereocenters. The first-order valence-electron chi connectivity index (χ1n) is 10.0. The van der Waals surface area contributed by atoms with E-state index in [1.54, 1.807) is 11.4 Å². The molecule has 1 amide bonds. The molecule has 3 rings (SSSR count). The number of anilines is 2. The largest absolute Gasteiger partial charge is 0.491 e. The Kier molecular flexibility index (Phi) is 9.21. The smallest absolute Gasteiger partial charge is 0.469 e. The van der Waals surface area contributed by atoms with Crippen molar-refractivity contribution in [2.75, 3.05) is 17.1 Å². The minimum Gasteiger partial charge on any atom is -0.469 e. The molecule has 0 saturated carbocycles. The Balaban J connectivity index is 0.00000187. The van der Waals surface area contributed by atoms with E-state index in [4.69, 9.17) is 4.65 Å². The van der Waals surface area contributed by atoms with E-state index >= 15 is 0 Å². The Morgan fingerprint density at radius 2 is 1.94 bits per heavy atom. The van der Waals surface area contributed by atoms with Crippen molar-refractivity contribution in [2.45, 2.75) is 44.9 Å². The number of carbonyl (C=O) groups excluding carboxylic acids is 2. The molecule has 0 bridgehead atoms. The van der Waals surface area contributed by atoms with Crippen LogP contribution in [-0.2, 0) is 32.0 Å². The number of aryl methyl sites for hydroxylation is 1. The summed E-state index contributed by atoms with van der Waals surface area (Å²) in [6.07, 6.45) is -5.23. The van der Waals surface area contributed by atoms with E-state index in [0.717, 1.165) is 23.1 Å². The lowest BCUT2D eigenvalue weighted by atomic mass is 9.79. The van der Waals surface area contributed by atoms with Gasteiger partial charge in [-0.2, -0.15) is 13.2 Å². The molecule has 0 aromatic heterocycles. The molecular weight excluding hydrogens is 460 g/mol. The zero-order chi connectivity index (χ0) is 24.8. The fraction of sp³-hybridized carbons (Fsp3) is 0.333. The maximum Gasteiger partial charge on any atom is 0.491 e. The zero-order valence-electron chi connectivity index (χ0n) is 18.5. The third-order valence-electron chi connectivity index (χ3n) is 4.56. The lowest BCUT2D eigenvalue weighted by molar-refractivity contribution is -0.167. The molecule has 1 heterocycles. The van der Waals surface area contributed by atoms with Gasteiger partial charge in [-0.25, -0.2) is 0 Å². The fourth-order valence-corrected chi connectivity index (χ4v) is 3.78. The number of nitrogens with one attached hydrogen (secondary N) is 2. The summed E-state index contributed by atoms with van der Waals surface area (Å²) in [5.41, 5.74) is 3.40. The maximum absolute atomic E-state index is 12.5. The predicted molar refractivity (Wildman–Crippen MR) is 121 cm³/mol. The monoisotopic (exact) mass is 484 g/mol. The number of benzene rings is 2. The summed E-state index contributed by atoms with van der Waals surface area (Å²) >= 11 is 1.13. The highest BCUT2D eigenvalue weighted by Gasteiger charge is 2.38. The van der Waals surface area contributed by atoms with E-state index < -0.39 is 25.2 Å². The molecule has 178 valence electrons. The molecule has 2 aromatic carbocycles. The zero-order valence-corrected chi connectivity index (χ0v) is 19.3.